The third-order valence-corrected chi connectivity index (χ3v) is 1.79. The summed E-state index contributed by atoms with van der Waals surface area (Å²) < 4.78 is 0. The molecule has 0 radical (unpaired) electrons. The number of nitrogens with zero attached hydrogens (tertiary/aromatic N) is 1. The maximum atomic E-state index is 9.13. The molecule has 0 atom stereocenters. The zero-order valence-corrected chi connectivity index (χ0v) is 6.51. The van der Waals surface area contributed by atoms with Gasteiger partial charge < -0.3 is 0 Å². The van der Waals surface area contributed by atoms with Gasteiger partial charge >= 0.3 is 0 Å². The van der Waals surface area contributed by atoms with E-state index in [4.69, 9.17) is 5.21 Å². The summed E-state index contributed by atoms with van der Waals surface area (Å²) in [5.41, 5.74) is 2.13. The Morgan fingerprint density at radius 1 is 1.00 bits per heavy atom. The second-order valence-corrected chi connectivity index (χ2v) is 2.65. The normalized spacial score (nSPS) is 19.9. The summed E-state index contributed by atoms with van der Waals surface area (Å²) in [4.78, 5) is 0. The van der Waals surface area contributed by atoms with E-state index in [0.29, 0.717) is 0 Å². The van der Waals surface area contributed by atoms with Crippen molar-refractivity contribution in [2.24, 2.45) is 0 Å². The van der Waals surface area contributed by atoms with Crippen molar-refractivity contribution in [1.82, 2.24) is 5.06 Å². The minimum atomic E-state index is 1.02. The fourth-order valence-corrected chi connectivity index (χ4v) is 1.19. The second kappa shape index (κ2) is 2.83. The highest BCUT2D eigenvalue weighted by molar-refractivity contribution is 5.51. The molecule has 1 aliphatic heterocycles. The molecule has 0 spiro atoms. The van der Waals surface area contributed by atoms with Crippen LogP contribution >= 0.6 is 0 Å². The van der Waals surface area contributed by atoms with E-state index >= 15 is 0 Å². The van der Waals surface area contributed by atoms with E-state index < -0.39 is 0 Å². The van der Waals surface area contributed by atoms with Crippen LogP contribution in [0, 0.1) is 0 Å². The highest BCUT2D eigenvalue weighted by Gasteiger charge is 2.05. The number of hydroxylamine groups is 2. The third kappa shape index (κ3) is 1.24. The Hall–Kier alpha value is -1.54. The standard InChI is InChI=1S/C10H9NO/c12-11-7-6-9-4-2-1-3-5-10(9)8-11/h1-8,12H. The molecule has 1 heterocycles. The van der Waals surface area contributed by atoms with Crippen LogP contribution in [0.15, 0.2) is 60.0 Å². The van der Waals surface area contributed by atoms with Crippen LogP contribution in [0.1, 0.15) is 0 Å². The first-order chi connectivity index (χ1) is 5.86. The maximum absolute atomic E-state index is 9.13. The van der Waals surface area contributed by atoms with Crippen molar-refractivity contribution in [3.63, 3.8) is 0 Å². The van der Waals surface area contributed by atoms with Crippen molar-refractivity contribution < 1.29 is 5.21 Å². The molecule has 60 valence electrons. The summed E-state index contributed by atoms with van der Waals surface area (Å²) in [6.45, 7) is 0. The van der Waals surface area contributed by atoms with E-state index in [-0.39, 0.29) is 0 Å². The van der Waals surface area contributed by atoms with Crippen molar-refractivity contribution in [2.45, 2.75) is 0 Å². The van der Waals surface area contributed by atoms with Crippen LogP contribution in [0.2, 0.25) is 0 Å². The lowest BCUT2D eigenvalue weighted by atomic mass is 10.1. The quantitative estimate of drug-likeness (QED) is 0.585. The number of allylic oxidation sites excluding steroid dienone is 8. The first-order valence-electron chi connectivity index (χ1n) is 3.79. The van der Waals surface area contributed by atoms with Crippen LogP contribution in [0.3, 0.4) is 0 Å². The molecule has 12 heavy (non-hydrogen) atoms. The van der Waals surface area contributed by atoms with Crippen LogP contribution in [0.5, 0.6) is 0 Å². The maximum Gasteiger partial charge on any atom is 0.0403 e. The first-order valence-corrected chi connectivity index (χ1v) is 3.79. The predicted octanol–water partition coefficient (Wildman–Crippen LogP) is 2.14. The lowest BCUT2D eigenvalue weighted by Gasteiger charge is -2.14. The molecule has 0 amide bonds. The molecule has 0 aromatic rings. The highest BCUT2D eigenvalue weighted by Crippen LogP contribution is 2.20. The summed E-state index contributed by atoms with van der Waals surface area (Å²) in [7, 11) is 0. The Morgan fingerprint density at radius 3 is 2.83 bits per heavy atom. The predicted molar refractivity (Wildman–Crippen MR) is 47.2 cm³/mol. The topological polar surface area (TPSA) is 23.5 Å². The summed E-state index contributed by atoms with van der Waals surface area (Å²) in [5, 5.41) is 10.2. The molecule has 2 heteroatoms. The van der Waals surface area contributed by atoms with Gasteiger partial charge in [-0.1, -0.05) is 30.4 Å². The van der Waals surface area contributed by atoms with Gasteiger partial charge in [0, 0.05) is 18.0 Å². The van der Waals surface area contributed by atoms with Crippen LogP contribution < -0.4 is 0 Å². The van der Waals surface area contributed by atoms with Crippen LogP contribution in [0.25, 0.3) is 0 Å². The lowest BCUT2D eigenvalue weighted by Crippen LogP contribution is -2.07. The zero-order valence-electron chi connectivity index (χ0n) is 6.51. The molecule has 0 unspecified atom stereocenters. The van der Waals surface area contributed by atoms with Crippen molar-refractivity contribution in [1.29, 1.82) is 0 Å². The van der Waals surface area contributed by atoms with Crippen molar-refractivity contribution in [3.8, 4) is 0 Å². The van der Waals surface area contributed by atoms with Gasteiger partial charge in [-0.15, -0.1) is 0 Å². The van der Waals surface area contributed by atoms with E-state index in [0.717, 1.165) is 16.2 Å². The fourth-order valence-electron chi connectivity index (χ4n) is 1.19. The monoisotopic (exact) mass is 159 g/mol. The minimum Gasteiger partial charge on any atom is -0.285 e. The Morgan fingerprint density at radius 2 is 1.92 bits per heavy atom. The second-order valence-electron chi connectivity index (χ2n) is 2.65. The van der Waals surface area contributed by atoms with Gasteiger partial charge in [-0.25, -0.2) is 5.06 Å². The molecule has 0 bridgehead atoms. The van der Waals surface area contributed by atoms with Gasteiger partial charge in [-0.3, -0.25) is 5.21 Å². The fraction of sp³-hybridized carbons (Fsp3) is 0. The van der Waals surface area contributed by atoms with E-state index in [1.165, 1.54) is 0 Å². The largest absolute Gasteiger partial charge is 0.285 e. The molecule has 1 aliphatic carbocycles. The molecule has 0 saturated heterocycles. The smallest absolute Gasteiger partial charge is 0.0403 e. The van der Waals surface area contributed by atoms with E-state index in [1.54, 1.807) is 12.4 Å². The molecule has 2 aliphatic rings. The van der Waals surface area contributed by atoms with Crippen LogP contribution in [-0.2, 0) is 0 Å². The molecule has 0 saturated carbocycles. The Bertz CT molecular complexity index is 332. The average molecular weight is 159 g/mol. The summed E-state index contributed by atoms with van der Waals surface area (Å²) in [6, 6.07) is 0. The summed E-state index contributed by atoms with van der Waals surface area (Å²) in [5.74, 6) is 0. The third-order valence-electron chi connectivity index (χ3n) is 1.79. The Labute approximate surface area is 71.1 Å². The molecule has 2 nitrogen and oxygen atoms in total. The van der Waals surface area contributed by atoms with Crippen LogP contribution in [-0.4, -0.2) is 10.3 Å². The number of hydrogen-bond donors (Lipinski definition) is 1. The molecule has 2 rings (SSSR count). The van der Waals surface area contributed by atoms with Gasteiger partial charge in [0.15, 0.2) is 0 Å². The molecule has 0 fully saturated rings. The minimum absolute atomic E-state index is 1.02. The Balaban J connectivity index is 2.42. The highest BCUT2D eigenvalue weighted by atomic mass is 16.5. The van der Waals surface area contributed by atoms with Gasteiger partial charge in [0.25, 0.3) is 0 Å². The molecular weight excluding hydrogens is 150 g/mol. The van der Waals surface area contributed by atoms with Crippen molar-refractivity contribution in [2.75, 3.05) is 0 Å². The number of fused-ring (bicyclic) bond motifs is 1. The summed E-state index contributed by atoms with van der Waals surface area (Å²) >= 11 is 0. The van der Waals surface area contributed by atoms with Gasteiger partial charge in [0.1, 0.15) is 0 Å². The van der Waals surface area contributed by atoms with Gasteiger partial charge in [-0.2, -0.15) is 0 Å². The van der Waals surface area contributed by atoms with E-state index in [1.807, 2.05) is 36.5 Å². The average Bonchev–Trinajstić information content (AvgIpc) is 2.28. The zero-order chi connectivity index (χ0) is 8.39. The van der Waals surface area contributed by atoms with Crippen LogP contribution in [0.4, 0.5) is 0 Å². The van der Waals surface area contributed by atoms with E-state index in [2.05, 4.69) is 0 Å². The molecule has 0 aromatic heterocycles. The molecular formula is C10H9NO. The van der Waals surface area contributed by atoms with Gasteiger partial charge in [0.05, 0.1) is 0 Å². The lowest BCUT2D eigenvalue weighted by molar-refractivity contribution is 0.00985. The molecule has 0 aromatic carbocycles. The SMILES string of the molecule is ON1C=CC2=CC=CC=CC2=C1. The Kier molecular flexibility index (Phi) is 1.68. The number of hydrogen-bond acceptors (Lipinski definition) is 2. The number of rotatable bonds is 0. The van der Waals surface area contributed by atoms with Gasteiger partial charge in [-0.05, 0) is 11.6 Å². The first kappa shape index (κ1) is 7.13. The molecule has 1 N–H and O–H groups in total. The van der Waals surface area contributed by atoms with Crippen molar-refractivity contribution in [3.05, 3.63) is 60.0 Å². The van der Waals surface area contributed by atoms with Gasteiger partial charge in [0.2, 0.25) is 0 Å². The van der Waals surface area contributed by atoms with Crippen molar-refractivity contribution >= 4 is 0 Å². The summed E-state index contributed by atoms with van der Waals surface area (Å²) in [6.07, 6.45) is 15.0. The van der Waals surface area contributed by atoms with E-state index in [9.17, 15) is 0 Å².